The fourth-order valence-corrected chi connectivity index (χ4v) is 2.77. The summed E-state index contributed by atoms with van der Waals surface area (Å²) in [5.74, 6) is 0.552. The summed E-state index contributed by atoms with van der Waals surface area (Å²) >= 11 is 0. The van der Waals surface area contributed by atoms with Gasteiger partial charge in [0.15, 0.2) is 0 Å². The zero-order valence-electron chi connectivity index (χ0n) is 11.9. The number of nitrogens with two attached hydrogens (primary N) is 1. The molecule has 3 rings (SSSR count). The number of rotatable bonds is 5. The second kappa shape index (κ2) is 4.96. The van der Waals surface area contributed by atoms with Gasteiger partial charge in [-0.15, -0.1) is 0 Å². The normalized spacial score (nSPS) is 17.4. The molecule has 1 aliphatic carbocycles. The molecular weight excluding hydrogens is 268 g/mol. The van der Waals surface area contributed by atoms with Crippen LogP contribution in [0.3, 0.4) is 0 Å². The van der Waals surface area contributed by atoms with Crippen molar-refractivity contribution in [1.82, 2.24) is 4.98 Å². The van der Waals surface area contributed by atoms with Gasteiger partial charge in [-0.05, 0) is 43.9 Å². The van der Waals surface area contributed by atoms with Gasteiger partial charge in [-0.3, -0.25) is 15.1 Å². The first kappa shape index (κ1) is 13.8. The predicted molar refractivity (Wildman–Crippen MR) is 82.2 cm³/mol. The lowest BCUT2D eigenvalue weighted by molar-refractivity contribution is -0.383. The molecule has 6 nitrogen and oxygen atoms in total. The van der Waals surface area contributed by atoms with E-state index in [1.165, 1.54) is 18.9 Å². The number of hydrogen-bond acceptors (Lipinski definition) is 5. The third-order valence-electron chi connectivity index (χ3n) is 4.27. The second-order valence-corrected chi connectivity index (χ2v) is 5.81. The molecule has 3 N–H and O–H groups in total. The second-order valence-electron chi connectivity index (χ2n) is 5.81. The van der Waals surface area contributed by atoms with Crippen LogP contribution >= 0.6 is 0 Å². The standard InChI is InChI=1S/C15H18N4O2/c1-15(9-16,10-4-5-10)18-12-6-7-13(19(20)21)11-3-2-8-17-14(11)12/h2-3,6-8,10,18H,4-5,9,16H2,1H3. The minimum absolute atomic E-state index is 0.0736. The van der Waals surface area contributed by atoms with Gasteiger partial charge in [-0.2, -0.15) is 0 Å². The fraction of sp³-hybridized carbons (Fsp3) is 0.400. The van der Waals surface area contributed by atoms with Crippen molar-refractivity contribution in [1.29, 1.82) is 0 Å². The summed E-state index contributed by atoms with van der Waals surface area (Å²) in [7, 11) is 0. The number of hydrogen-bond donors (Lipinski definition) is 2. The zero-order chi connectivity index (χ0) is 15.0. The first-order chi connectivity index (χ1) is 10.0. The molecule has 1 aliphatic rings. The molecule has 1 aromatic carbocycles. The molecule has 1 atom stereocenters. The number of anilines is 1. The number of benzene rings is 1. The van der Waals surface area contributed by atoms with Crippen molar-refractivity contribution in [2.24, 2.45) is 11.7 Å². The highest BCUT2D eigenvalue weighted by molar-refractivity contribution is 5.96. The summed E-state index contributed by atoms with van der Waals surface area (Å²) in [6.45, 7) is 2.61. The fourth-order valence-electron chi connectivity index (χ4n) is 2.77. The lowest BCUT2D eigenvalue weighted by Crippen LogP contribution is -2.44. The molecule has 21 heavy (non-hydrogen) atoms. The maximum atomic E-state index is 11.1. The van der Waals surface area contributed by atoms with E-state index in [-0.39, 0.29) is 16.1 Å². The molecule has 1 fully saturated rings. The van der Waals surface area contributed by atoms with Crippen LogP contribution in [0.25, 0.3) is 10.9 Å². The van der Waals surface area contributed by atoms with Crippen molar-refractivity contribution < 1.29 is 4.92 Å². The lowest BCUT2D eigenvalue weighted by atomic mass is 9.95. The van der Waals surface area contributed by atoms with Crippen LogP contribution < -0.4 is 11.1 Å². The van der Waals surface area contributed by atoms with Gasteiger partial charge in [0, 0.05) is 24.3 Å². The summed E-state index contributed by atoms with van der Waals surface area (Å²) in [5, 5.41) is 15.1. The van der Waals surface area contributed by atoms with Crippen LogP contribution in [-0.2, 0) is 0 Å². The van der Waals surface area contributed by atoms with Gasteiger partial charge in [-0.25, -0.2) is 0 Å². The molecule has 0 bridgehead atoms. The number of aromatic nitrogens is 1. The number of nitrogens with one attached hydrogen (secondary N) is 1. The molecule has 0 spiro atoms. The van der Waals surface area contributed by atoms with Crippen molar-refractivity contribution in [3.63, 3.8) is 0 Å². The first-order valence-electron chi connectivity index (χ1n) is 7.05. The Morgan fingerprint density at radius 3 is 2.86 bits per heavy atom. The van der Waals surface area contributed by atoms with Gasteiger partial charge >= 0.3 is 0 Å². The van der Waals surface area contributed by atoms with Gasteiger partial charge in [-0.1, -0.05) is 0 Å². The Hall–Kier alpha value is -2.21. The lowest BCUT2D eigenvalue weighted by Gasteiger charge is -2.31. The summed E-state index contributed by atoms with van der Waals surface area (Å²) in [5.41, 5.74) is 7.23. The van der Waals surface area contributed by atoms with Crippen LogP contribution in [0, 0.1) is 16.0 Å². The average Bonchev–Trinajstić information content (AvgIpc) is 3.32. The van der Waals surface area contributed by atoms with Crippen molar-refractivity contribution in [2.45, 2.75) is 25.3 Å². The van der Waals surface area contributed by atoms with E-state index in [0.29, 0.717) is 23.4 Å². The number of pyridine rings is 1. The van der Waals surface area contributed by atoms with Crippen molar-refractivity contribution in [3.8, 4) is 0 Å². The van der Waals surface area contributed by atoms with Crippen LogP contribution in [-0.4, -0.2) is 22.0 Å². The zero-order valence-corrected chi connectivity index (χ0v) is 11.9. The Kier molecular flexibility index (Phi) is 3.25. The van der Waals surface area contributed by atoms with Gasteiger partial charge in [0.1, 0.15) is 5.52 Å². The summed E-state index contributed by atoms with van der Waals surface area (Å²) < 4.78 is 0. The molecule has 2 aromatic rings. The Balaban J connectivity index is 2.07. The van der Waals surface area contributed by atoms with Gasteiger partial charge in [0.2, 0.25) is 0 Å². The Labute approximate surface area is 122 Å². The molecule has 110 valence electrons. The highest BCUT2D eigenvalue weighted by Crippen LogP contribution is 2.42. The maximum Gasteiger partial charge on any atom is 0.278 e. The predicted octanol–water partition coefficient (Wildman–Crippen LogP) is 2.68. The molecule has 1 aromatic heterocycles. The van der Waals surface area contributed by atoms with Crippen LogP contribution in [0.5, 0.6) is 0 Å². The third-order valence-corrected chi connectivity index (χ3v) is 4.27. The van der Waals surface area contributed by atoms with E-state index >= 15 is 0 Å². The third kappa shape index (κ3) is 2.42. The molecule has 0 radical (unpaired) electrons. The van der Waals surface area contributed by atoms with E-state index in [2.05, 4.69) is 17.2 Å². The van der Waals surface area contributed by atoms with E-state index in [1.807, 2.05) is 0 Å². The number of nitro benzene ring substituents is 1. The van der Waals surface area contributed by atoms with Gasteiger partial charge < -0.3 is 11.1 Å². The summed E-state index contributed by atoms with van der Waals surface area (Å²) in [6.07, 6.45) is 3.98. The topological polar surface area (TPSA) is 94.1 Å². The van der Waals surface area contributed by atoms with E-state index < -0.39 is 0 Å². The van der Waals surface area contributed by atoms with E-state index in [1.54, 1.807) is 24.4 Å². The smallest absolute Gasteiger partial charge is 0.278 e. The van der Waals surface area contributed by atoms with E-state index in [4.69, 9.17) is 5.73 Å². The van der Waals surface area contributed by atoms with Crippen LogP contribution in [0.4, 0.5) is 11.4 Å². The largest absolute Gasteiger partial charge is 0.377 e. The van der Waals surface area contributed by atoms with Crippen molar-refractivity contribution in [3.05, 3.63) is 40.6 Å². The minimum Gasteiger partial charge on any atom is -0.377 e. The molecule has 0 amide bonds. The molecule has 0 saturated heterocycles. The Morgan fingerprint density at radius 2 is 2.24 bits per heavy atom. The van der Waals surface area contributed by atoms with Crippen LogP contribution in [0.15, 0.2) is 30.5 Å². The number of nitrogens with zero attached hydrogens (tertiary/aromatic N) is 2. The van der Waals surface area contributed by atoms with Crippen LogP contribution in [0.2, 0.25) is 0 Å². The summed E-state index contributed by atoms with van der Waals surface area (Å²) in [6, 6.07) is 6.69. The minimum atomic E-state index is -0.378. The highest BCUT2D eigenvalue weighted by atomic mass is 16.6. The van der Waals surface area contributed by atoms with Crippen LogP contribution in [0.1, 0.15) is 19.8 Å². The van der Waals surface area contributed by atoms with E-state index in [9.17, 15) is 10.1 Å². The summed E-state index contributed by atoms with van der Waals surface area (Å²) in [4.78, 5) is 15.1. The first-order valence-corrected chi connectivity index (χ1v) is 7.05. The number of nitro groups is 1. The van der Waals surface area contributed by atoms with Crippen molar-refractivity contribution >= 4 is 22.3 Å². The Bertz CT molecular complexity index is 699. The average molecular weight is 286 g/mol. The van der Waals surface area contributed by atoms with Crippen molar-refractivity contribution in [2.75, 3.05) is 11.9 Å². The number of non-ortho nitro benzene ring substituents is 1. The number of fused-ring (bicyclic) bond motifs is 1. The molecule has 1 saturated carbocycles. The molecular formula is C15H18N4O2. The molecule has 0 aliphatic heterocycles. The highest BCUT2D eigenvalue weighted by Gasteiger charge is 2.40. The SMILES string of the molecule is CC(CN)(Nc1ccc([N+](=O)[O-])c2cccnc12)C1CC1. The Morgan fingerprint density at radius 1 is 1.48 bits per heavy atom. The monoisotopic (exact) mass is 286 g/mol. The van der Waals surface area contributed by atoms with Gasteiger partial charge in [0.25, 0.3) is 5.69 Å². The molecule has 6 heteroatoms. The quantitative estimate of drug-likeness (QED) is 0.651. The van der Waals surface area contributed by atoms with Gasteiger partial charge in [0.05, 0.1) is 16.0 Å². The van der Waals surface area contributed by atoms with E-state index in [0.717, 1.165) is 5.69 Å². The maximum absolute atomic E-state index is 11.1. The molecule has 1 heterocycles. The molecule has 1 unspecified atom stereocenters.